The number of halogens is 1. The lowest BCUT2D eigenvalue weighted by molar-refractivity contribution is 0.198. The van der Waals surface area contributed by atoms with Crippen LogP contribution in [0.4, 0.5) is 0 Å². The van der Waals surface area contributed by atoms with Gasteiger partial charge in [0.15, 0.2) is 5.96 Å². The molecule has 0 unspecified atom stereocenters. The van der Waals surface area contributed by atoms with Gasteiger partial charge in [-0.05, 0) is 30.5 Å². The molecule has 0 bridgehead atoms. The fourth-order valence-electron chi connectivity index (χ4n) is 3.64. The van der Waals surface area contributed by atoms with E-state index in [2.05, 4.69) is 50.9 Å². The second-order valence-electron chi connectivity index (χ2n) is 7.28. The highest BCUT2D eigenvalue weighted by atomic mass is 127. The molecule has 1 aliphatic heterocycles. The van der Waals surface area contributed by atoms with Crippen molar-refractivity contribution in [1.29, 1.82) is 0 Å². The van der Waals surface area contributed by atoms with Crippen LogP contribution < -0.4 is 20.1 Å². The molecule has 1 fully saturated rings. The van der Waals surface area contributed by atoms with Gasteiger partial charge >= 0.3 is 0 Å². The second-order valence-corrected chi connectivity index (χ2v) is 7.28. The molecule has 6 nitrogen and oxygen atoms in total. The molecule has 1 aliphatic rings. The zero-order valence-electron chi connectivity index (χ0n) is 18.1. The average Bonchev–Trinajstić information content (AvgIpc) is 2.78. The molecule has 2 aromatic carbocycles. The predicted octanol–water partition coefficient (Wildman–Crippen LogP) is 3.65. The number of methoxy groups -OCH3 is 2. The van der Waals surface area contributed by atoms with Crippen LogP contribution in [0.1, 0.15) is 24.0 Å². The third-order valence-electron chi connectivity index (χ3n) is 5.34. The molecule has 0 amide bonds. The molecule has 0 atom stereocenters. The molecule has 0 aliphatic carbocycles. The van der Waals surface area contributed by atoms with Crippen LogP contribution in [0.2, 0.25) is 0 Å². The summed E-state index contributed by atoms with van der Waals surface area (Å²) in [5, 5.41) is 6.97. The Morgan fingerprint density at radius 2 is 1.80 bits per heavy atom. The smallest absolute Gasteiger partial charge is 0.191 e. The molecule has 0 spiro atoms. The van der Waals surface area contributed by atoms with Crippen molar-refractivity contribution in [3.63, 3.8) is 0 Å². The summed E-state index contributed by atoms with van der Waals surface area (Å²) in [5.41, 5.74) is 2.44. The lowest BCUT2D eigenvalue weighted by Crippen LogP contribution is -2.48. The number of nitrogens with zero attached hydrogens (tertiary/aromatic N) is 2. The number of ether oxygens (including phenoxy) is 2. The molecule has 164 valence electrons. The fourth-order valence-corrected chi connectivity index (χ4v) is 3.64. The van der Waals surface area contributed by atoms with Crippen LogP contribution in [-0.2, 0) is 13.1 Å². The van der Waals surface area contributed by atoms with Gasteiger partial charge in [0.2, 0.25) is 0 Å². The van der Waals surface area contributed by atoms with Gasteiger partial charge in [0, 0.05) is 50.9 Å². The molecule has 2 N–H and O–H groups in total. The first-order valence-electron chi connectivity index (χ1n) is 10.2. The van der Waals surface area contributed by atoms with Crippen LogP contribution in [0, 0.1) is 0 Å². The van der Waals surface area contributed by atoms with E-state index in [4.69, 9.17) is 9.47 Å². The maximum Gasteiger partial charge on any atom is 0.191 e. The minimum Gasteiger partial charge on any atom is -0.497 e. The lowest BCUT2D eigenvalue weighted by atomic mass is 10.0. The van der Waals surface area contributed by atoms with Gasteiger partial charge < -0.3 is 20.1 Å². The molecular formula is C23H33IN4O2. The first-order chi connectivity index (χ1) is 14.2. The van der Waals surface area contributed by atoms with Crippen LogP contribution in [0.25, 0.3) is 0 Å². The average molecular weight is 524 g/mol. The van der Waals surface area contributed by atoms with Crippen molar-refractivity contribution in [3.8, 4) is 11.5 Å². The largest absolute Gasteiger partial charge is 0.497 e. The highest BCUT2D eigenvalue weighted by Crippen LogP contribution is 2.24. The summed E-state index contributed by atoms with van der Waals surface area (Å²) in [4.78, 5) is 6.91. The number of guanidine groups is 1. The molecule has 1 saturated heterocycles. The van der Waals surface area contributed by atoms with E-state index < -0.39 is 0 Å². The van der Waals surface area contributed by atoms with Gasteiger partial charge in [0.1, 0.15) is 11.5 Å². The molecule has 0 saturated carbocycles. The van der Waals surface area contributed by atoms with E-state index in [0.717, 1.165) is 55.5 Å². The van der Waals surface area contributed by atoms with Crippen molar-refractivity contribution in [2.75, 3.05) is 34.4 Å². The SMILES string of the molecule is CN=C(NCc1ccc(OC)cc1OC)NC1CCN(Cc2ccccc2)CC1.I. The Labute approximate surface area is 197 Å². The maximum atomic E-state index is 5.48. The Kier molecular flexibility index (Phi) is 10.2. The van der Waals surface area contributed by atoms with Gasteiger partial charge in [-0.15, -0.1) is 24.0 Å². The van der Waals surface area contributed by atoms with Crippen molar-refractivity contribution in [2.45, 2.75) is 32.0 Å². The van der Waals surface area contributed by atoms with Crippen molar-refractivity contribution < 1.29 is 9.47 Å². The molecule has 1 heterocycles. The summed E-state index contributed by atoms with van der Waals surface area (Å²) in [6.07, 6.45) is 2.22. The maximum absolute atomic E-state index is 5.48. The number of nitrogens with one attached hydrogen (secondary N) is 2. The number of hydrogen-bond acceptors (Lipinski definition) is 4. The Hall–Kier alpha value is -2.00. The highest BCUT2D eigenvalue weighted by molar-refractivity contribution is 14.0. The molecular weight excluding hydrogens is 491 g/mol. The van der Waals surface area contributed by atoms with Crippen LogP contribution in [0.15, 0.2) is 53.5 Å². The molecule has 30 heavy (non-hydrogen) atoms. The van der Waals surface area contributed by atoms with Crippen molar-refractivity contribution in [3.05, 3.63) is 59.7 Å². The van der Waals surface area contributed by atoms with E-state index in [-0.39, 0.29) is 24.0 Å². The van der Waals surface area contributed by atoms with Crippen molar-refractivity contribution in [1.82, 2.24) is 15.5 Å². The normalized spacial score (nSPS) is 15.2. The standard InChI is InChI=1S/C23H32N4O2.HI/c1-24-23(25-16-19-9-10-21(28-2)15-22(19)29-3)26-20-11-13-27(14-12-20)17-18-7-5-4-6-8-18;/h4-10,15,20H,11-14,16-17H2,1-3H3,(H2,24,25,26);1H. The molecule has 0 aromatic heterocycles. The molecule has 7 heteroatoms. The number of likely N-dealkylation sites (tertiary alicyclic amines) is 1. The first kappa shape index (κ1) is 24.3. The zero-order chi connectivity index (χ0) is 20.5. The lowest BCUT2D eigenvalue weighted by Gasteiger charge is -2.33. The third-order valence-corrected chi connectivity index (χ3v) is 5.34. The summed E-state index contributed by atoms with van der Waals surface area (Å²) in [6, 6.07) is 17.0. The van der Waals surface area contributed by atoms with E-state index in [9.17, 15) is 0 Å². The van der Waals surface area contributed by atoms with Crippen molar-refractivity contribution >= 4 is 29.9 Å². The van der Waals surface area contributed by atoms with Gasteiger partial charge in [-0.25, -0.2) is 0 Å². The number of piperidine rings is 1. The fraction of sp³-hybridized carbons (Fsp3) is 0.435. The van der Waals surface area contributed by atoms with Gasteiger partial charge in [0.25, 0.3) is 0 Å². The zero-order valence-corrected chi connectivity index (χ0v) is 20.4. The van der Waals surface area contributed by atoms with Crippen LogP contribution in [0.5, 0.6) is 11.5 Å². The highest BCUT2D eigenvalue weighted by Gasteiger charge is 2.20. The number of rotatable bonds is 7. The third kappa shape index (κ3) is 7.05. The topological polar surface area (TPSA) is 58.1 Å². The van der Waals surface area contributed by atoms with Crippen LogP contribution in [0.3, 0.4) is 0 Å². The monoisotopic (exact) mass is 524 g/mol. The summed E-state index contributed by atoms with van der Waals surface area (Å²) in [6.45, 7) is 3.85. The first-order valence-corrected chi connectivity index (χ1v) is 10.2. The van der Waals surface area contributed by atoms with Gasteiger partial charge in [-0.3, -0.25) is 9.89 Å². The van der Waals surface area contributed by atoms with E-state index in [1.54, 1.807) is 14.2 Å². The summed E-state index contributed by atoms with van der Waals surface area (Å²) in [7, 11) is 5.14. The quantitative estimate of drug-likeness (QED) is 0.329. The summed E-state index contributed by atoms with van der Waals surface area (Å²) < 4.78 is 10.7. The number of benzene rings is 2. The van der Waals surface area contributed by atoms with Crippen LogP contribution in [-0.4, -0.2) is 51.3 Å². The Bertz CT molecular complexity index is 793. The second kappa shape index (κ2) is 12.6. The Morgan fingerprint density at radius 3 is 2.43 bits per heavy atom. The number of hydrogen-bond donors (Lipinski definition) is 2. The predicted molar refractivity (Wildman–Crippen MR) is 133 cm³/mol. The van der Waals surface area contributed by atoms with Crippen LogP contribution >= 0.6 is 24.0 Å². The van der Waals surface area contributed by atoms with E-state index >= 15 is 0 Å². The Morgan fingerprint density at radius 1 is 1.07 bits per heavy atom. The van der Waals surface area contributed by atoms with E-state index in [1.807, 2.05) is 25.2 Å². The molecule has 3 rings (SSSR count). The summed E-state index contributed by atoms with van der Waals surface area (Å²) >= 11 is 0. The van der Waals surface area contributed by atoms with Gasteiger partial charge in [-0.2, -0.15) is 0 Å². The Balaban J connectivity index is 0.00000320. The van der Waals surface area contributed by atoms with E-state index in [1.165, 1.54) is 5.56 Å². The number of aliphatic imine (C=N–C) groups is 1. The molecule has 0 radical (unpaired) electrons. The molecule has 2 aromatic rings. The van der Waals surface area contributed by atoms with Gasteiger partial charge in [-0.1, -0.05) is 30.3 Å². The van der Waals surface area contributed by atoms with Crippen molar-refractivity contribution in [2.24, 2.45) is 4.99 Å². The summed E-state index contributed by atoms with van der Waals surface area (Å²) in [5.74, 6) is 2.42. The minimum atomic E-state index is 0. The van der Waals surface area contributed by atoms with Gasteiger partial charge in [0.05, 0.1) is 14.2 Å². The minimum absolute atomic E-state index is 0. The van der Waals surface area contributed by atoms with E-state index in [0.29, 0.717) is 12.6 Å².